The molecule has 0 saturated carbocycles. The Balaban J connectivity index is 1.42. The second-order valence-electron chi connectivity index (χ2n) is 5.96. The number of rotatable bonds is 2. The molecule has 8 nitrogen and oxygen atoms in total. The molecule has 2 N–H and O–H groups in total. The quantitative estimate of drug-likeness (QED) is 0.849. The number of hydrogen-bond donors (Lipinski definition) is 2. The van der Waals surface area contributed by atoms with E-state index in [4.69, 9.17) is 4.74 Å². The summed E-state index contributed by atoms with van der Waals surface area (Å²) in [5.74, 6) is 0.547. The van der Waals surface area contributed by atoms with Gasteiger partial charge in [-0.25, -0.2) is 14.6 Å². The highest BCUT2D eigenvalue weighted by Gasteiger charge is 2.26. The number of hydrogen-bond acceptors (Lipinski definition) is 4. The highest BCUT2D eigenvalue weighted by Crippen LogP contribution is 2.13. The fourth-order valence-corrected chi connectivity index (χ4v) is 2.88. The van der Waals surface area contributed by atoms with Gasteiger partial charge in [-0.3, -0.25) is 5.32 Å². The number of nitrogens with zero attached hydrogens (tertiary/aromatic N) is 3. The third-order valence-corrected chi connectivity index (χ3v) is 4.31. The van der Waals surface area contributed by atoms with E-state index in [0.29, 0.717) is 45.2 Å². The van der Waals surface area contributed by atoms with Gasteiger partial charge in [-0.15, -0.1) is 0 Å². The maximum absolute atomic E-state index is 12.2. The molecule has 2 fully saturated rings. The molecule has 130 valence electrons. The third kappa shape index (κ3) is 4.35. The summed E-state index contributed by atoms with van der Waals surface area (Å²) in [6.45, 7) is 3.70. The van der Waals surface area contributed by atoms with Crippen LogP contribution >= 0.6 is 0 Å². The molecule has 2 aliphatic heterocycles. The van der Waals surface area contributed by atoms with Crippen molar-refractivity contribution in [2.75, 3.05) is 44.7 Å². The molecule has 0 atom stereocenters. The number of pyridine rings is 1. The number of carbonyl (C=O) groups excluding carboxylic acids is 2. The van der Waals surface area contributed by atoms with E-state index in [1.807, 2.05) is 6.07 Å². The molecule has 3 heterocycles. The van der Waals surface area contributed by atoms with Crippen LogP contribution < -0.4 is 10.6 Å². The Morgan fingerprint density at radius 2 is 1.75 bits per heavy atom. The lowest BCUT2D eigenvalue weighted by Gasteiger charge is -2.34. The van der Waals surface area contributed by atoms with Gasteiger partial charge in [0.1, 0.15) is 5.82 Å². The van der Waals surface area contributed by atoms with E-state index in [9.17, 15) is 9.59 Å². The molecule has 0 spiro atoms. The van der Waals surface area contributed by atoms with Crippen LogP contribution in [0.25, 0.3) is 0 Å². The van der Waals surface area contributed by atoms with E-state index in [1.54, 1.807) is 28.1 Å². The first-order valence-electron chi connectivity index (χ1n) is 8.32. The zero-order valence-electron chi connectivity index (χ0n) is 13.6. The summed E-state index contributed by atoms with van der Waals surface area (Å²) in [5.41, 5.74) is 0. The van der Waals surface area contributed by atoms with Gasteiger partial charge in [0.25, 0.3) is 0 Å². The number of amides is 4. The van der Waals surface area contributed by atoms with Crippen LogP contribution in [-0.4, -0.2) is 72.3 Å². The number of likely N-dealkylation sites (tertiary alicyclic amines) is 1. The van der Waals surface area contributed by atoms with Gasteiger partial charge >= 0.3 is 12.1 Å². The fraction of sp³-hybridized carbons (Fsp3) is 0.562. The van der Waals surface area contributed by atoms with Gasteiger partial charge < -0.3 is 19.9 Å². The number of aromatic nitrogens is 1. The first kappa shape index (κ1) is 16.5. The molecule has 1 aromatic heterocycles. The predicted octanol–water partition coefficient (Wildman–Crippen LogP) is 1.12. The molecule has 3 rings (SSSR count). The number of carbonyl (C=O) groups is 2. The summed E-state index contributed by atoms with van der Waals surface area (Å²) < 4.78 is 5.25. The summed E-state index contributed by atoms with van der Waals surface area (Å²) in [5, 5.41) is 5.84. The number of urea groups is 2. The average molecular weight is 333 g/mol. The second-order valence-corrected chi connectivity index (χ2v) is 5.96. The lowest BCUT2D eigenvalue weighted by atomic mass is 10.1. The molecule has 2 aliphatic rings. The Kier molecular flexibility index (Phi) is 5.47. The first-order valence-corrected chi connectivity index (χ1v) is 8.32. The highest BCUT2D eigenvalue weighted by atomic mass is 16.5. The predicted molar refractivity (Wildman–Crippen MR) is 88.8 cm³/mol. The van der Waals surface area contributed by atoms with Crippen LogP contribution in [0.1, 0.15) is 12.8 Å². The Labute approximate surface area is 141 Å². The fourth-order valence-electron chi connectivity index (χ4n) is 2.88. The van der Waals surface area contributed by atoms with Crippen molar-refractivity contribution in [1.29, 1.82) is 0 Å². The van der Waals surface area contributed by atoms with Crippen LogP contribution in [0.15, 0.2) is 24.4 Å². The number of morpholine rings is 1. The van der Waals surface area contributed by atoms with Crippen molar-refractivity contribution in [1.82, 2.24) is 20.1 Å². The molecule has 8 heteroatoms. The van der Waals surface area contributed by atoms with Crippen LogP contribution in [0.4, 0.5) is 15.4 Å². The lowest BCUT2D eigenvalue weighted by molar-refractivity contribution is 0.0519. The van der Waals surface area contributed by atoms with Gasteiger partial charge in [-0.2, -0.15) is 0 Å². The Morgan fingerprint density at radius 1 is 1.04 bits per heavy atom. The number of piperidine rings is 1. The topological polar surface area (TPSA) is 86.8 Å². The Hall–Kier alpha value is -2.35. The van der Waals surface area contributed by atoms with Crippen molar-refractivity contribution in [3.05, 3.63) is 24.4 Å². The number of nitrogens with one attached hydrogen (secondary N) is 2. The summed E-state index contributed by atoms with van der Waals surface area (Å²) >= 11 is 0. The first-order chi connectivity index (χ1) is 11.7. The van der Waals surface area contributed by atoms with Crippen molar-refractivity contribution >= 4 is 17.9 Å². The molecule has 24 heavy (non-hydrogen) atoms. The highest BCUT2D eigenvalue weighted by molar-refractivity contribution is 5.88. The maximum atomic E-state index is 12.2. The minimum absolute atomic E-state index is 0.0327. The van der Waals surface area contributed by atoms with E-state index in [-0.39, 0.29) is 18.1 Å². The molecule has 0 unspecified atom stereocenters. The van der Waals surface area contributed by atoms with Gasteiger partial charge in [0.05, 0.1) is 13.2 Å². The molecule has 0 radical (unpaired) electrons. The third-order valence-electron chi connectivity index (χ3n) is 4.31. The van der Waals surface area contributed by atoms with Crippen LogP contribution in [0.2, 0.25) is 0 Å². The summed E-state index contributed by atoms with van der Waals surface area (Å²) in [4.78, 5) is 32.0. The maximum Gasteiger partial charge on any atom is 0.323 e. The van der Waals surface area contributed by atoms with Crippen molar-refractivity contribution in [3.8, 4) is 0 Å². The van der Waals surface area contributed by atoms with Gasteiger partial charge in [-0.05, 0) is 25.0 Å². The minimum atomic E-state index is -0.147. The molecule has 0 bridgehead atoms. The molecular formula is C16H23N5O3. The molecule has 0 aromatic carbocycles. The minimum Gasteiger partial charge on any atom is -0.378 e. The average Bonchev–Trinajstić information content (AvgIpc) is 2.64. The lowest BCUT2D eigenvalue weighted by Crippen LogP contribution is -2.52. The van der Waals surface area contributed by atoms with Crippen molar-refractivity contribution < 1.29 is 14.3 Å². The normalized spacial score (nSPS) is 19.0. The van der Waals surface area contributed by atoms with Gasteiger partial charge in [0, 0.05) is 38.4 Å². The van der Waals surface area contributed by atoms with Crippen molar-refractivity contribution in [3.63, 3.8) is 0 Å². The van der Waals surface area contributed by atoms with Gasteiger partial charge in [-0.1, -0.05) is 6.07 Å². The molecule has 0 aliphatic carbocycles. The molecule has 4 amide bonds. The molecular weight excluding hydrogens is 310 g/mol. The van der Waals surface area contributed by atoms with E-state index in [0.717, 1.165) is 12.8 Å². The smallest absolute Gasteiger partial charge is 0.323 e. The summed E-state index contributed by atoms with van der Waals surface area (Å²) in [6, 6.07) is 5.32. The van der Waals surface area contributed by atoms with E-state index in [2.05, 4.69) is 15.6 Å². The monoisotopic (exact) mass is 333 g/mol. The Bertz CT molecular complexity index is 554. The van der Waals surface area contributed by atoms with E-state index < -0.39 is 0 Å². The largest absolute Gasteiger partial charge is 0.378 e. The number of ether oxygens (including phenoxy) is 1. The summed E-state index contributed by atoms with van der Waals surface area (Å²) in [7, 11) is 0. The standard InChI is InChI=1S/C16H23N5O3/c22-15(21-9-11-24-12-10-21)18-13-4-7-20(8-5-13)16(23)19-14-3-1-2-6-17-14/h1-3,6,13H,4-5,7-12H2,(H,18,22)(H,17,19,23). The zero-order valence-corrected chi connectivity index (χ0v) is 13.6. The van der Waals surface area contributed by atoms with Gasteiger partial charge in [0.15, 0.2) is 0 Å². The summed E-state index contributed by atoms with van der Waals surface area (Å²) in [6.07, 6.45) is 3.15. The van der Waals surface area contributed by atoms with E-state index in [1.165, 1.54) is 0 Å². The molecule has 2 saturated heterocycles. The zero-order chi connectivity index (χ0) is 16.8. The van der Waals surface area contributed by atoms with Crippen LogP contribution in [0.5, 0.6) is 0 Å². The number of anilines is 1. The second kappa shape index (κ2) is 7.96. The van der Waals surface area contributed by atoms with Gasteiger partial charge in [0.2, 0.25) is 0 Å². The van der Waals surface area contributed by atoms with Crippen molar-refractivity contribution in [2.24, 2.45) is 0 Å². The Morgan fingerprint density at radius 3 is 2.42 bits per heavy atom. The SMILES string of the molecule is O=C(Nc1ccccn1)N1CCC(NC(=O)N2CCOCC2)CC1. The van der Waals surface area contributed by atoms with E-state index >= 15 is 0 Å². The van der Waals surface area contributed by atoms with Crippen LogP contribution in [-0.2, 0) is 4.74 Å². The molecule has 1 aromatic rings. The van der Waals surface area contributed by atoms with Crippen LogP contribution in [0, 0.1) is 0 Å². The van der Waals surface area contributed by atoms with Crippen LogP contribution in [0.3, 0.4) is 0 Å². The van der Waals surface area contributed by atoms with Crippen molar-refractivity contribution in [2.45, 2.75) is 18.9 Å².